The second kappa shape index (κ2) is 12.9. The fourth-order valence-electron chi connectivity index (χ4n) is 5.72. The van der Waals surface area contributed by atoms with E-state index in [4.69, 9.17) is 0 Å². The van der Waals surface area contributed by atoms with Crippen molar-refractivity contribution in [1.82, 2.24) is 15.5 Å². The van der Waals surface area contributed by atoms with Crippen molar-refractivity contribution in [3.63, 3.8) is 0 Å². The number of fused-ring (bicyclic) bond motifs is 3. The highest BCUT2D eigenvalue weighted by Crippen LogP contribution is 2.37. The normalized spacial score (nSPS) is 14.5. The molecule has 0 aliphatic carbocycles. The number of aryl methyl sites for hydroxylation is 1. The molecule has 4 aromatic carbocycles. The molecular formula is C32H33N5O4. The molecule has 1 heterocycles. The maximum Gasteiger partial charge on any atom is 0.119 e. The standard InChI is InChI=1S/C32H33N5O4/c1-2-37-31-15-13-23(29(35-40)19-27(33-38)21-9-5-3-6-10-21)17-25(31)26-18-24(14-16-32(26)37)30(36-41)20-28(34-39)22-11-7-4-8-12-22/h3-18,27-30,33-34,38-39H,2,19-20H2,1H3. The van der Waals surface area contributed by atoms with Gasteiger partial charge < -0.3 is 15.0 Å². The third-order valence-corrected chi connectivity index (χ3v) is 7.89. The van der Waals surface area contributed by atoms with Crippen LogP contribution in [0.25, 0.3) is 21.8 Å². The molecule has 1 aromatic heterocycles. The summed E-state index contributed by atoms with van der Waals surface area (Å²) in [6.45, 7) is 2.81. The molecule has 0 aliphatic rings. The Morgan fingerprint density at radius 2 is 1.05 bits per heavy atom. The fraction of sp³-hybridized carbons (Fsp3) is 0.250. The lowest BCUT2D eigenvalue weighted by atomic mass is 9.93. The van der Waals surface area contributed by atoms with Gasteiger partial charge in [-0.1, -0.05) is 83.2 Å². The Morgan fingerprint density at radius 1 is 0.634 bits per heavy atom. The zero-order valence-corrected chi connectivity index (χ0v) is 22.7. The molecule has 4 unspecified atom stereocenters. The monoisotopic (exact) mass is 551 g/mol. The Bertz CT molecular complexity index is 1500. The quantitative estimate of drug-likeness (QED) is 0.0879. The number of aromatic nitrogens is 1. The molecule has 5 rings (SSSR count). The molecule has 5 aromatic rings. The number of hydrogen-bond acceptors (Lipinski definition) is 8. The third-order valence-electron chi connectivity index (χ3n) is 7.89. The summed E-state index contributed by atoms with van der Waals surface area (Å²) in [5.41, 5.74) is 9.85. The van der Waals surface area contributed by atoms with E-state index in [0.717, 1.165) is 50.6 Å². The molecule has 4 atom stereocenters. The van der Waals surface area contributed by atoms with Crippen LogP contribution in [0.3, 0.4) is 0 Å². The Labute approximate surface area is 237 Å². The van der Waals surface area contributed by atoms with Crippen molar-refractivity contribution in [3.05, 3.63) is 129 Å². The minimum absolute atomic E-state index is 0.277. The van der Waals surface area contributed by atoms with Crippen LogP contribution in [0, 0.1) is 9.81 Å². The van der Waals surface area contributed by atoms with Crippen LogP contribution in [0.4, 0.5) is 0 Å². The number of benzene rings is 4. The topological polar surface area (TPSA) is 128 Å². The highest BCUT2D eigenvalue weighted by Gasteiger charge is 2.24. The summed E-state index contributed by atoms with van der Waals surface area (Å²) in [6.07, 6.45) is 0.554. The summed E-state index contributed by atoms with van der Waals surface area (Å²) in [5.74, 6) is 0. The first-order chi connectivity index (χ1) is 20.1. The zero-order chi connectivity index (χ0) is 28.8. The van der Waals surface area contributed by atoms with Gasteiger partial charge in [0.15, 0.2) is 0 Å². The second-order valence-electron chi connectivity index (χ2n) is 10.2. The lowest BCUT2D eigenvalue weighted by Gasteiger charge is -2.19. The minimum Gasteiger partial charge on any atom is -0.341 e. The number of nitrogens with zero attached hydrogens (tertiary/aromatic N) is 3. The number of nitrogens with one attached hydrogen (secondary N) is 2. The van der Waals surface area contributed by atoms with Crippen LogP contribution < -0.4 is 11.0 Å². The van der Waals surface area contributed by atoms with Crippen LogP contribution in [-0.4, -0.2) is 15.0 Å². The van der Waals surface area contributed by atoms with Gasteiger partial charge in [0.25, 0.3) is 0 Å². The molecule has 0 bridgehead atoms. The van der Waals surface area contributed by atoms with Gasteiger partial charge >= 0.3 is 0 Å². The molecule has 0 spiro atoms. The number of rotatable bonds is 13. The largest absolute Gasteiger partial charge is 0.341 e. The zero-order valence-electron chi connectivity index (χ0n) is 22.7. The first-order valence-electron chi connectivity index (χ1n) is 13.7. The van der Waals surface area contributed by atoms with E-state index in [1.165, 1.54) is 0 Å². The van der Waals surface area contributed by atoms with Crippen molar-refractivity contribution >= 4 is 21.8 Å². The van der Waals surface area contributed by atoms with Crippen LogP contribution in [-0.2, 0) is 6.54 Å². The highest BCUT2D eigenvalue weighted by atomic mass is 16.5. The molecule has 41 heavy (non-hydrogen) atoms. The Hall–Kier alpha value is -4.28. The van der Waals surface area contributed by atoms with Gasteiger partial charge in [-0.25, -0.2) is 0 Å². The Balaban J connectivity index is 1.52. The van der Waals surface area contributed by atoms with Crippen molar-refractivity contribution < 1.29 is 10.4 Å². The number of nitroso groups, excluding NO2 is 2. The van der Waals surface area contributed by atoms with E-state index < -0.39 is 24.2 Å². The van der Waals surface area contributed by atoms with E-state index in [2.05, 4.69) is 32.8 Å². The van der Waals surface area contributed by atoms with E-state index in [0.29, 0.717) is 0 Å². The average Bonchev–Trinajstić information content (AvgIpc) is 3.35. The fourth-order valence-corrected chi connectivity index (χ4v) is 5.72. The summed E-state index contributed by atoms with van der Waals surface area (Å²) in [4.78, 5) is 24.1. The summed E-state index contributed by atoms with van der Waals surface area (Å²) in [6, 6.07) is 28.3. The van der Waals surface area contributed by atoms with Crippen LogP contribution in [0.5, 0.6) is 0 Å². The van der Waals surface area contributed by atoms with Gasteiger partial charge in [-0.15, -0.1) is 0 Å². The lowest BCUT2D eigenvalue weighted by molar-refractivity contribution is 0.118. The molecule has 0 saturated heterocycles. The molecule has 0 saturated carbocycles. The van der Waals surface area contributed by atoms with Crippen LogP contribution >= 0.6 is 0 Å². The molecule has 9 heteroatoms. The molecule has 0 amide bonds. The van der Waals surface area contributed by atoms with E-state index in [9.17, 15) is 20.2 Å². The molecular weight excluding hydrogens is 518 g/mol. The smallest absolute Gasteiger partial charge is 0.119 e. The van der Waals surface area contributed by atoms with Crippen LogP contribution in [0.2, 0.25) is 0 Å². The molecule has 210 valence electrons. The first-order valence-corrected chi connectivity index (χ1v) is 13.7. The van der Waals surface area contributed by atoms with Gasteiger partial charge in [0.2, 0.25) is 0 Å². The van der Waals surface area contributed by atoms with Gasteiger partial charge in [-0.3, -0.25) is 0 Å². The SMILES string of the molecule is CCn1c2ccc(C(CC(NO)c3ccccc3)N=O)cc2c2cc(C(CC(NO)c3ccccc3)N=O)ccc21. The molecule has 4 N–H and O–H groups in total. The molecule has 0 radical (unpaired) electrons. The molecule has 0 fully saturated rings. The van der Waals surface area contributed by atoms with Crippen molar-refractivity contribution in [1.29, 1.82) is 0 Å². The average molecular weight is 552 g/mol. The maximum atomic E-state index is 12.0. The van der Waals surface area contributed by atoms with E-state index in [1.54, 1.807) is 0 Å². The Kier molecular flexibility index (Phi) is 8.91. The van der Waals surface area contributed by atoms with Crippen molar-refractivity contribution in [2.75, 3.05) is 0 Å². The van der Waals surface area contributed by atoms with E-state index >= 15 is 0 Å². The predicted molar refractivity (Wildman–Crippen MR) is 160 cm³/mol. The van der Waals surface area contributed by atoms with Crippen LogP contribution in [0.1, 0.15) is 66.2 Å². The van der Waals surface area contributed by atoms with Crippen molar-refractivity contribution in [3.8, 4) is 0 Å². The van der Waals surface area contributed by atoms with Gasteiger partial charge in [-0.05, 0) is 66.3 Å². The molecule has 0 aliphatic heterocycles. The van der Waals surface area contributed by atoms with Gasteiger partial charge in [0.05, 0.1) is 12.1 Å². The first kappa shape index (κ1) is 28.3. The van der Waals surface area contributed by atoms with E-state index in [1.807, 2.05) is 97.1 Å². The number of hydroxylamine groups is 2. The van der Waals surface area contributed by atoms with Crippen molar-refractivity contribution in [2.45, 2.75) is 50.5 Å². The predicted octanol–water partition coefficient (Wildman–Crippen LogP) is 7.65. The minimum atomic E-state index is -0.695. The summed E-state index contributed by atoms with van der Waals surface area (Å²) in [7, 11) is 0. The Morgan fingerprint density at radius 3 is 1.39 bits per heavy atom. The van der Waals surface area contributed by atoms with Crippen molar-refractivity contribution in [2.24, 2.45) is 10.4 Å². The van der Waals surface area contributed by atoms with Gasteiger partial charge in [0.1, 0.15) is 12.1 Å². The van der Waals surface area contributed by atoms with Crippen LogP contribution in [0.15, 0.2) is 107 Å². The lowest BCUT2D eigenvalue weighted by Crippen LogP contribution is -2.19. The number of hydrogen-bond donors (Lipinski definition) is 4. The second-order valence-corrected chi connectivity index (χ2v) is 10.2. The third kappa shape index (κ3) is 5.79. The maximum absolute atomic E-state index is 12.0. The highest BCUT2D eigenvalue weighted by molar-refractivity contribution is 6.08. The summed E-state index contributed by atoms with van der Waals surface area (Å²) in [5, 5.41) is 28.4. The summed E-state index contributed by atoms with van der Waals surface area (Å²) >= 11 is 0. The van der Waals surface area contributed by atoms with Gasteiger partial charge in [0, 0.05) is 28.4 Å². The van der Waals surface area contributed by atoms with Gasteiger partial charge in [-0.2, -0.15) is 20.8 Å². The molecule has 9 nitrogen and oxygen atoms in total. The van der Waals surface area contributed by atoms with E-state index in [-0.39, 0.29) is 12.8 Å². The summed E-state index contributed by atoms with van der Waals surface area (Å²) < 4.78 is 2.19.